The Bertz CT molecular complexity index is 1530. The fourth-order valence-corrected chi connectivity index (χ4v) is 7.35. The van der Waals surface area contributed by atoms with Crippen LogP contribution in [0.5, 0.6) is 0 Å². The van der Waals surface area contributed by atoms with Crippen LogP contribution < -0.4 is 5.32 Å². The van der Waals surface area contributed by atoms with Crippen molar-refractivity contribution in [3.05, 3.63) is 59.7 Å². The van der Waals surface area contributed by atoms with E-state index in [1.165, 1.54) is 63.2 Å². The number of rotatable bonds is 8. The monoisotopic (exact) mass is 573 g/mol. The topological polar surface area (TPSA) is 71.8 Å². The Balaban J connectivity index is 1.25. The highest BCUT2D eigenvalue weighted by molar-refractivity contribution is 5.83. The molecule has 1 atom stereocenters. The number of benzene rings is 1. The van der Waals surface area contributed by atoms with Gasteiger partial charge in [-0.25, -0.2) is 28.7 Å². The van der Waals surface area contributed by atoms with Crippen LogP contribution in [0, 0.1) is 30.4 Å². The van der Waals surface area contributed by atoms with Gasteiger partial charge < -0.3 is 14.8 Å². The van der Waals surface area contributed by atoms with Crippen molar-refractivity contribution >= 4 is 22.8 Å². The number of aryl methyl sites for hydroxylation is 1. The van der Waals surface area contributed by atoms with Crippen molar-refractivity contribution in [2.45, 2.75) is 78.2 Å². The van der Waals surface area contributed by atoms with Crippen LogP contribution in [0.15, 0.2) is 36.7 Å². The average molecular weight is 574 g/mol. The molecule has 7 nitrogen and oxygen atoms in total. The summed E-state index contributed by atoms with van der Waals surface area (Å²) in [6.45, 7) is 11.6. The molecule has 4 heterocycles. The minimum atomic E-state index is -0.622. The van der Waals surface area contributed by atoms with Gasteiger partial charge in [0.2, 0.25) is 5.95 Å². The molecule has 0 spiro atoms. The number of likely N-dealkylation sites (tertiary alicyclic amines) is 1. The predicted molar refractivity (Wildman–Crippen MR) is 163 cm³/mol. The highest BCUT2D eigenvalue weighted by atomic mass is 19.1. The van der Waals surface area contributed by atoms with Crippen LogP contribution in [0.25, 0.3) is 22.3 Å². The molecule has 1 saturated carbocycles. The Morgan fingerprint density at radius 2 is 1.67 bits per heavy atom. The normalized spacial score (nSPS) is 17.9. The van der Waals surface area contributed by atoms with Crippen LogP contribution in [0.1, 0.15) is 82.6 Å². The molecule has 0 radical (unpaired) electrons. The molecule has 9 heteroatoms. The van der Waals surface area contributed by atoms with Gasteiger partial charge in [0.25, 0.3) is 0 Å². The number of aromatic nitrogens is 5. The molecular formula is C33H41F2N7. The summed E-state index contributed by atoms with van der Waals surface area (Å²) in [4.78, 5) is 20.3. The lowest BCUT2D eigenvalue weighted by Gasteiger charge is -2.38. The molecule has 0 bridgehead atoms. The van der Waals surface area contributed by atoms with Gasteiger partial charge in [-0.2, -0.15) is 0 Å². The summed E-state index contributed by atoms with van der Waals surface area (Å²) >= 11 is 0. The number of piperidine rings is 1. The smallest absolute Gasteiger partial charge is 0.229 e. The van der Waals surface area contributed by atoms with Gasteiger partial charge in [0, 0.05) is 17.8 Å². The van der Waals surface area contributed by atoms with E-state index >= 15 is 4.39 Å². The third kappa shape index (κ3) is 5.63. The summed E-state index contributed by atoms with van der Waals surface area (Å²) in [6.07, 6.45) is 10.8. The van der Waals surface area contributed by atoms with Crippen LogP contribution in [0.2, 0.25) is 0 Å². The van der Waals surface area contributed by atoms with Gasteiger partial charge in [0.05, 0.1) is 11.7 Å². The lowest BCUT2D eigenvalue weighted by Crippen LogP contribution is -2.36. The number of fused-ring (bicyclic) bond motifs is 1. The van der Waals surface area contributed by atoms with Crippen LogP contribution in [-0.4, -0.2) is 49.0 Å². The van der Waals surface area contributed by atoms with Gasteiger partial charge in [-0.15, -0.1) is 0 Å². The van der Waals surface area contributed by atoms with Crippen LogP contribution in [0.4, 0.5) is 20.5 Å². The van der Waals surface area contributed by atoms with E-state index in [0.29, 0.717) is 34.6 Å². The van der Waals surface area contributed by atoms with E-state index in [1.807, 2.05) is 37.6 Å². The molecule has 2 fully saturated rings. The maximum absolute atomic E-state index is 15.1. The maximum Gasteiger partial charge on any atom is 0.229 e. The van der Waals surface area contributed by atoms with E-state index in [4.69, 9.17) is 4.98 Å². The van der Waals surface area contributed by atoms with Crippen molar-refractivity contribution in [3.8, 4) is 11.3 Å². The highest BCUT2D eigenvalue weighted by Crippen LogP contribution is 2.45. The second kappa shape index (κ2) is 12.0. The Hall–Kier alpha value is -3.46. The second-order valence-corrected chi connectivity index (χ2v) is 12.3. The number of nitrogens with zero attached hydrogens (tertiary/aromatic N) is 6. The van der Waals surface area contributed by atoms with Crippen molar-refractivity contribution in [1.82, 2.24) is 29.4 Å². The molecule has 0 amide bonds. The molecule has 1 aromatic carbocycles. The molecule has 222 valence electrons. The zero-order valence-corrected chi connectivity index (χ0v) is 25.1. The van der Waals surface area contributed by atoms with Gasteiger partial charge >= 0.3 is 0 Å². The van der Waals surface area contributed by atoms with Gasteiger partial charge in [0.1, 0.15) is 22.9 Å². The van der Waals surface area contributed by atoms with Crippen molar-refractivity contribution in [1.29, 1.82) is 0 Å². The number of pyridine rings is 1. The highest BCUT2D eigenvalue weighted by Gasteiger charge is 2.34. The van der Waals surface area contributed by atoms with E-state index in [1.54, 1.807) is 6.07 Å². The third-order valence-corrected chi connectivity index (χ3v) is 9.37. The molecule has 6 rings (SSSR count). The number of hydrogen-bond acceptors (Lipinski definition) is 6. The van der Waals surface area contributed by atoms with Crippen molar-refractivity contribution in [2.24, 2.45) is 11.8 Å². The fraction of sp³-hybridized carbons (Fsp3) is 0.515. The molecule has 1 aliphatic heterocycles. The first kappa shape index (κ1) is 28.6. The third-order valence-electron chi connectivity index (χ3n) is 9.37. The Morgan fingerprint density at radius 1 is 0.929 bits per heavy atom. The van der Waals surface area contributed by atoms with E-state index in [0.717, 1.165) is 18.7 Å². The van der Waals surface area contributed by atoms with Crippen molar-refractivity contribution in [2.75, 3.05) is 25.0 Å². The summed E-state index contributed by atoms with van der Waals surface area (Å²) in [6, 6.07) is 7.27. The first-order chi connectivity index (χ1) is 20.3. The quantitative estimate of drug-likeness (QED) is 0.232. The van der Waals surface area contributed by atoms with Crippen LogP contribution in [-0.2, 0) is 0 Å². The Morgan fingerprint density at radius 3 is 2.33 bits per heavy atom. The van der Waals surface area contributed by atoms with Gasteiger partial charge in [0.15, 0.2) is 11.6 Å². The number of imidazole rings is 1. The Kier molecular flexibility index (Phi) is 8.21. The van der Waals surface area contributed by atoms with E-state index in [2.05, 4.69) is 38.2 Å². The lowest BCUT2D eigenvalue weighted by molar-refractivity contribution is 0.155. The summed E-state index contributed by atoms with van der Waals surface area (Å²) in [5.74, 6) is 2.33. The van der Waals surface area contributed by atoms with E-state index in [-0.39, 0.29) is 23.2 Å². The minimum absolute atomic E-state index is 0.0267. The van der Waals surface area contributed by atoms with Crippen molar-refractivity contribution in [3.63, 3.8) is 0 Å². The maximum atomic E-state index is 15.1. The SMILES string of the molecule is CCN1CCC([C@@H](c2ccc(Nc3ncc(F)c(-c4cc(F)c5nc(C)n(C(C)C)c5c4)n3)nc2)C2CCCC2)CC1. The number of anilines is 2. The standard InChI is InChI=1S/C33H41F2N7/c1-5-41-14-12-23(13-15-41)30(22-8-6-7-9-22)24-10-11-29(36-18-24)39-33-37-19-27(35)31(40-33)25-16-26(34)32-28(17-25)42(20(2)3)21(4)38-32/h10-11,16-20,22-23,30H,5-9,12-15H2,1-4H3,(H,36,37,39,40)/t30-/m0/s1. The molecule has 3 aromatic heterocycles. The fourth-order valence-electron chi connectivity index (χ4n) is 7.35. The lowest BCUT2D eigenvalue weighted by atomic mass is 9.72. The molecule has 1 aliphatic carbocycles. The van der Waals surface area contributed by atoms with E-state index < -0.39 is 11.6 Å². The van der Waals surface area contributed by atoms with Gasteiger partial charge in [-0.3, -0.25) is 0 Å². The molecule has 2 aliphatic rings. The van der Waals surface area contributed by atoms with Crippen molar-refractivity contribution < 1.29 is 8.78 Å². The van der Waals surface area contributed by atoms with Crippen LogP contribution in [0.3, 0.4) is 0 Å². The first-order valence-corrected chi connectivity index (χ1v) is 15.5. The predicted octanol–water partition coefficient (Wildman–Crippen LogP) is 7.81. The number of hydrogen-bond donors (Lipinski definition) is 1. The molecule has 4 aromatic rings. The minimum Gasteiger partial charge on any atom is -0.326 e. The zero-order valence-electron chi connectivity index (χ0n) is 25.1. The molecule has 1 N–H and O–H groups in total. The van der Waals surface area contributed by atoms with Gasteiger partial charge in [-0.1, -0.05) is 25.8 Å². The summed E-state index contributed by atoms with van der Waals surface area (Å²) in [5, 5.41) is 3.14. The first-order valence-electron chi connectivity index (χ1n) is 15.5. The zero-order chi connectivity index (χ0) is 29.4. The molecule has 42 heavy (non-hydrogen) atoms. The molecule has 0 unspecified atom stereocenters. The second-order valence-electron chi connectivity index (χ2n) is 12.3. The Labute approximate surface area is 246 Å². The average Bonchev–Trinajstić information content (AvgIpc) is 3.63. The number of nitrogens with one attached hydrogen (secondary N) is 1. The largest absolute Gasteiger partial charge is 0.326 e. The molecule has 1 saturated heterocycles. The summed E-state index contributed by atoms with van der Waals surface area (Å²) in [7, 11) is 0. The summed E-state index contributed by atoms with van der Waals surface area (Å²) < 4.78 is 32.0. The summed E-state index contributed by atoms with van der Waals surface area (Å²) in [5.41, 5.74) is 2.55. The van der Waals surface area contributed by atoms with E-state index in [9.17, 15) is 4.39 Å². The van der Waals surface area contributed by atoms with Gasteiger partial charge in [-0.05, 0) is 108 Å². The van der Waals surface area contributed by atoms with Crippen LogP contribution >= 0.6 is 0 Å². The molecular weight excluding hydrogens is 532 g/mol. The number of halogens is 2.